The van der Waals surface area contributed by atoms with Gasteiger partial charge in [0.1, 0.15) is 5.71 Å². The Balaban J connectivity index is 2.28. The van der Waals surface area contributed by atoms with Crippen molar-refractivity contribution < 1.29 is 4.79 Å². The van der Waals surface area contributed by atoms with E-state index in [1.807, 2.05) is 5.43 Å². The van der Waals surface area contributed by atoms with Crippen LogP contribution in [-0.4, -0.2) is 23.3 Å². The fourth-order valence-corrected chi connectivity index (χ4v) is 1.72. The number of thioether (sulfide) groups is 1. The van der Waals surface area contributed by atoms with Crippen molar-refractivity contribution in [3.05, 3.63) is 11.0 Å². The van der Waals surface area contributed by atoms with Crippen molar-refractivity contribution in [2.45, 2.75) is 0 Å². The Kier molecular flexibility index (Phi) is 1.70. The van der Waals surface area contributed by atoms with Crippen LogP contribution in [0.15, 0.2) is 21.0 Å². The van der Waals surface area contributed by atoms with Crippen molar-refractivity contribution in [3.63, 3.8) is 0 Å². The van der Waals surface area contributed by atoms with Gasteiger partial charge in [0.25, 0.3) is 5.91 Å². The summed E-state index contributed by atoms with van der Waals surface area (Å²) in [6.07, 6.45) is 1.69. The molecule has 0 aromatic rings. The Hall–Kier alpha value is -1.14. The molecule has 0 saturated heterocycles. The molecule has 0 fully saturated rings. The average molecular weight is 182 g/mol. The second kappa shape index (κ2) is 2.72. The third-order valence-electron chi connectivity index (χ3n) is 1.51. The third kappa shape index (κ3) is 1.05. The van der Waals surface area contributed by atoms with Gasteiger partial charge in [-0.25, -0.2) is 10.8 Å². The molecule has 6 heteroatoms. The summed E-state index contributed by atoms with van der Waals surface area (Å²) in [5.41, 5.74) is 2.35. The lowest BCUT2D eigenvalue weighted by Gasteiger charge is -1.92. The van der Waals surface area contributed by atoms with E-state index in [4.69, 9.17) is 5.84 Å². The molecule has 0 bridgehead atoms. The number of aliphatic imine (C=N–C) groups is 2. The number of carbonyl (C=O) groups is 1. The Morgan fingerprint density at radius 3 is 3.25 bits per heavy atom. The first-order valence-electron chi connectivity index (χ1n) is 3.30. The van der Waals surface area contributed by atoms with Gasteiger partial charge in [-0.05, 0) is 6.08 Å². The molecule has 0 aromatic carbocycles. The number of nitrogens with zero attached hydrogens (tertiary/aromatic N) is 2. The quantitative estimate of drug-likeness (QED) is 0.323. The number of nitrogens with two attached hydrogens (primary N) is 1. The third-order valence-corrected chi connectivity index (χ3v) is 2.38. The Bertz CT molecular complexity index is 330. The summed E-state index contributed by atoms with van der Waals surface area (Å²) in [5.74, 6) is 5.92. The Labute approximate surface area is 72.8 Å². The van der Waals surface area contributed by atoms with Gasteiger partial charge in [-0.2, -0.15) is 0 Å². The van der Waals surface area contributed by atoms with Crippen LogP contribution in [0.2, 0.25) is 0 Å². The number of rotatable bonds is 1. The zero-order valence-electron chi connectivity index (χ0n) is 6.07. The van der Waals surface area contributed by atoms with Crippen LogP contribution in [0.1, 0.15) is 0 Å². The maximum atomic E-state index is 11.0. The van der Waals surface area contributed by atoms with Crippen LogP contribution < -0.4 is 11.3 Å². The van der Waals surface area contributed by atoms with Gasteiger partial charge in [0.15, 0.2) is 5.84 Å². The SMILES string of the molecule is NNC(=O)C1=NC2=NCSC2=C1. The Morgan fingerprint density at radius 2 is 2.58 bits per heavy atom. The number of hydrogen-bond acceptors (Lipinski definition) is 5. The van der Waals surface area contributed by atoms with E-state index >= 15 is 0 Å². The summed E-state index contributed by atoms with van der Waals surface area (Å²) < 4.78 is 0. The summed E-state index contributed by atoms with van der Waals surface area (Å²) in [7, 11) is 0. The topological polar surface area (TPSA) is 79.8 Å². The van der Waals surface area contributed by atoms with Gasteiger partial charge in [0.05, 0.1) is 10.8 Å². The van der Waals surface area contributed by atoms with Crippen LogP contribution in [0.25, 0.3) is 0 Å². The molecule has 2 aliphatic rings. The summed E-state index contributed by atoms with van der Waals surface area (Å²) in [5, 5.41) is 0. The van der Waals surface area contributed by atoms with E-state index in [1.54, 1.807) is 17.8 Å². The number of hydrazine groups is 1. The molecule has 0 saturated carbocycles. The minimum absolute atomic E-state index is 0.332. The van der Waals surface area contributed by atoms with Gasteiger partial charge in [0, 0.05) is 0 Å². The highest BCUT2D eigenvalue weighted by molar-refractivity contribution is 8.04. The molecule has 0 atom stereocenters. The molecule has 0 aromatic heterocycles. The number of carbonyl (C=O) groups excluding carboxylic acids is 1. The lowest BCUT2D eigenvalue weighted by molar-refractivity contribution is -0.114. The fourth-order valence-electron chi connectivity index (χ4n) is 0.963. The smallest absolute Gasteiger partial charge is 0.283 e. The highest BCUT2D eigenvalue weighted by atomic mass is 32.2. The molecule has 3 N–H and O–H groups in total. The number of hydrogen-bond donors (Lipinski definition) is 2. The van der Waals surface area contributed by atoms with E-state index in [9.17, 15) is 4.79 Å². The lowest BCUT2D eigenvalue weighted by atomic mass is 10.3. The normalized spacial score (nSPS) is 19.6. The van der Waals surface area contributed by atoms with Crippen molar-refractivity contribution in [1.82, 2.24) is 5.43 Å². The first-order chi connectivity index (χ1) is 5.81. The molecular weight excluding hydrogens is 176 g/mol. The fraction of sp³-hybridized carbons (Fsp3) is 0.167. The van der Waals surface area contributed by atoms with E-state index in [0.717, 1.165) is 4.91 Å². The van der Waals surface area contributed by atoms with E-state index in [-0.39, 0.29) is 5.91 Å². The molecule has 0 aliphatic carbocycles. The summed E-state index contributed by atoms with van der Waals surface area (Å²) in [6, 6.07) is 0. The van der Waals surface area contributed by atoms with Crippen LogP contribution in [-0.2, 0) is 4.79 Å². The first kappa shape index (κ1) is 7.51. The Morgan fingerprint density at radius 1 is 1.75 bits per heavy atom. The zero-order valence-corrected chi connectivity index (χ0v) is 6.89. The van der Waals surface area contributed by atoms with Crippen molar-refractivity contribution in [2.75, 3.05) is 5.88 Å². The van der Waals surface area contributed by atoms with E-state index in [0.29, 0.717) is 17.4 Å². The lowest BCUT2D eigenvalue weighted by Crippen LogP contribution is -2.35. The molecule has 2 aliphatic heterocycles. The van der Waals surface area contributed by atoms with E-state index in [1.165, 1.54) is 0 Å². The molecule has 12 heavy (non-hydrogen) atoms. The van der Waals surface area contributed by atoms with Gasteiger partial charge < -0.3 is 0 Å². The van der Waals surface area contributed by atoms with Crippen LogP contribution in [0.4, 0.5) is 0 Å². The largest absolute Gasteiger partial charge is 0.289 e. The predicted octanol–water partition coefficient (Wildman–Crippen LogP) is -0.582. The monoisotopic (exact) mass is 182 g/mol. The van der Waals surface area contributed by atoms with E-state index < -0.39 is 0 Å². The number of amidine groups is 1. The first-order valence-corrected chi connectivity index (χ1v) is 4.29. The van der Waals surface area contributed by atoms with E-state index in [2.05, 4.69) is 9.98 Å². The molecule has 0 radical (unpaired) electrons. The molecule has 2 rings (SSSR count). The van der Waals surface area contributed by atoms with Gasteiger partial charge in [-0.3, -0.25) is 15.2 Å². The molecule has 0 unspecified atom stereocenters. The molecular formula is C6H6N4OS. The van der Waals surface area contributed by atoms with Gasteiger partial charge in [0.2, 0.25) is 0 Å². The zero-order chi connectivity index (χ0) is 8.55. The summed E-state index contributed by atoms with van der Waals surface area (Å²) in [6.45, 7) is 0. The minimum Gasteiger partial charge on any atom is -0.289 e. The van der Waals surface area contributed by atoms with Gasteiger partial charge >= 0.3 is 0 Å². The standard InChI is InChI=1S/C6H6N4OS/c7-10-6(11)3-1-4-5(9-3)8-2-12-4/h1H,2,7H2,(H,10,11). The van der Waals surface area contributed by atoms with Crippen molar-refractivity contribution in [1.29, 1.82) is 0 Å². The van der Waals surface area contributed by atoms with Gasteiger partial charge in [-0.1, -0.05) is 11.8 Å². The highest BCUT2D eigenvalue weighted by Crippen LogP contribution is 2.28. The molecule has 5 nitrogen and oxygen atoms in total. The maximum Gasteiger partial charge on any atom is 0.283 e. The average Bonchev–Trinajstić information content (AvgIpc) is 2.60. The molecule has 2 heterocycles. The van der Waals surface area contributed by atoms with Gasteiger partial charge in [-0.15, -0.1) is 0 Å². The van der Waals surface area contributed by atoms with Crippen LogP contribution in [0, 0.1) is 0 Å². The second-order valence-corrected chi connectivity index (χ2v) is 3.22. The number of fused-ring (bicyclic) bond motifs is 1. The summed E-state index contributed by atoms with van der Waals surface area (Å²) >= 11 is 1.57. The number of nitrogens with one attached hydrogen (secondary N) is 1. The predicted molar refractivity (Wildman–Crippen MR) is 47.7 cm³/mol. The molecule has 0 spiro atoms. The second-order valence-electron chi connectivity index (χ2n) is 2.23. The van der Waals surface area contributed by atoms with Crippen LogP contribution in [0.5, 0.6) is 0 Å². The molecule has 1 amide bonds. The maximum absolute atomic E-state index is 11.0. The highest BCUT2D eigenvalue weighted by Gasteiger charge is 2.23. The van der Waals surface area contributed by atoms with Crippen molar-refractivity contribution in [2.24, 2.45) is 15.8 Å². The molecule has 62 valence electrons. The van der Waals surface area contributed by atoms with Crippen LogP contribution >= 0.6 is 11.8 Å². The number of amides is 1. The van der Waals surface area contributed by atoms with Crippen molar-refractivity contribution in [3.8, 4) is 0 Å². The minimum atomic E-state index is -0.375. The van der Waals surface area contributed by atoms with Crippen LogP contribution in [0.3, 0.4) is 0 Å². The summed E-state index contributed by atoms with van der Waals surface area (Å²) in [4.78, 5) is 20.0. The van der Waals surface area contributed by atoms with Crippen molar-refractivity contribution >= 4 is 29.2 Å².